The summed E-state index contributed by atoms with van der Waals surface area (Å²) in [6.45, 7) is 2.71. The lowest BCUT2D eigenvalue weighted by Gasteiger charge is -2.14. The quantitative estimate of drug-likeness (QED) is 0.820. The third-order valence-electron chi connectivity index (χ3n) is 3.37. The first-order chi connectivity index (χ1) is 10.2. The van der Waals surface area contributed by atoms with Gasteiger partial charge < -0.3 is 11.1 Å². The topological polar surface area (TPSA) is 72.9 Å². The number of para-hydroxylation sites is 1. The number of nitrogens with two attached hydrogens (primary N) is 1. The molecule has 0 saturated heterocycles. The Kier molecular flexibility index (Phi) is 5.51. The minimum atomic E-state index is -0.456. The predicted octanol–water partition coefficient (Wildman–Crippen LogP) is 2.39. The lowest BCUT2D eigenvalue weighted by molar-refractivity contribution is -0.117. The third kappa shape index (κ3) is 4.43. The van der Waals surface area contributed by atoms with Crippen LogP contribution < -0.4 is 11.1 Å². The molecule has 21 heavy (non-hydrogen) atoms. The van der Waals surface area contributed by atoms with Crippen LogP contribution >= 0.6 is 0 Å². The number of carbonyl (C=O) groups is 1. The van der Waals surface area contributed by atoms with E-state index in [1.807, 2.05) is 41.2 Å². The summed E-state index contributed by atoms with van der Waals surface area (Å²) in [5.41, 5.74) is 7.72. The number of anilines is 1. The van der Waals surface area contributed by atoms with E-state index in [-0.39, 0.29) is 5.91 Å². The minimum absolute atomic E-state index is 0.128. The number of hydrogen-bond donors (Lipinski definition) is 2. The van der Waals surface area contributed by atoms with Gasteiger partial charge in [-0.2, -0.15) is 5.10 Å². The molecule has 0 saturated carbocycles. The van der Waals surface area contributed by atoms with Crippen molar-refractivity contribution in [3.63, 3.8) is 0 Å². The molecule has 1 amide bonds. The number of amides is 1. The van der Waals surface area contributed by atoms with E-state index in [1.165, 1.54) is 0 Å². The Morgan fingerprint density at radius 2 is 2.19 bits per heavy atom. The number of unbranched alkanes of at least 4 members (excludes halogenated alkanes) is 1. The fourth-order valence-corrected chi connectivity index (χ4v) is 2.13. The Hall–Kier alpha value is -2.14. The molecule has 5 nitrogen and oxygen atoms in total. The summed E-state index contributed by atoms with van der Waals surface area (Å²) in [5.74, 6) is -0.128. The van der Waals surface area contributed by atoms with E-state index >= 15 is 0 Å². The molecule has 5 heteroatoms. The van der Waals surface area contributed by atoms with Crippen LogP contribution in [0.25, 0.3) is 0 Å². The zero-order valence-electron chi connectivity index (χ0n) is 12.3. The summed E-state index contributed by atoms with van der Waals surface area (Å²) in [6.07, 6.45) is 6.34. The Labute approximate surface area is 125 Å². The number of aromatic nitrogens is 2. The van der Waals surface area contributed by atoms with Crippen LogP contribution in [0.2, 0.25) is 0 Å². The largest absolute Gasteiger partial charge is 0.324 e. The number of nitrogens with zero attached hydrogens (tertiary/aromatic N) is 2. The molecule has 0 aliphatic heterocycles. The monoisotopic (exact) mass is 286 g/mol. The molecule has 0 bridgehead atoms. The predicted molar refractivity (Wildman–Crippen MR) is 83.9 cm³/mol. The molecule has 1 atom stereocenters. The average molecular weight is 286 g/mol. The lowest BCUT2D eigenvalue weighted by atomic mass is 10.1. The fourth-order valence-electron chi connectivity index (χ4n) is 2.13. The van der Waals surface area contributed by atoms with Gasteiger partial charge in [-0.15, -0.1) is 0 Å². The lowest BCUT2D eigenvalue weighted by Crippen LogP contribution is -2.35. The Morgan fingerprint density at radius 3 is 2.90 bits per heavy atom. The molecule has 0 fully saturated rings. The molecule has 1 aromatic heterocycles. The summed E-state index contributed by atoms with van der Waals surface area (Å²) in [5, 5.41) is 7.11. The van der Waals surface area contributed by atoms with Gasteiger partial charge in [-0.3, -0.25) is 9.48 Å². The van der Waals surface area contributed by atoms with Crippen molar-refractivity contribution in [1.82, 2.24) is 9.78 Å². The van der Waals surface area contributed by atoms with E-state index in [0.29, 0.717) is 13.0 Å². The summed E-state index contributed by atoms with van der Waals surface area (Å²) in [6, 6.07) is 9.15. The Morgan fingerprint density at radius 1 is 1.38 bits per heavy atom. The zero-order chi connectivity index (χ0) is 15.1. The van der Waals surface area contributed by atoms with Crippen molar-refractivity contribution in [3.05, 3.63) is 48.3 Å². The third-order valence-corrected chi connectivity index (χ3v) is 3.37. The number of hydrogen-bond acceptors (Lipinski definition) is 3. The van der Waals surface area contributed by atoms with Crippen LogP contribution in [0, 0.1) is 0 Å². The van der Waals surface area contributed by atoms with Crippen molar-refractivity contribution >= 4 is 11.6 Å². The van der Waals surface area contributed by atoms with Crippen molar-refractivity contribution in [2.24, 2.45) is 5.73 Å². The summed E-state index contributed by atoms with van der Waals surface area (Å²) < 4.78 is 1.82. The van der Waals surface area contributed by atoms with Gasteiger partial charge in [0.15, 0.2) is 0 Å². The van der Waals surface area contributed by atoms with Gasteiger partial charge in [-0.25, -0.2) is 0 Å². The summed E-state index contributed by atoms with van der Waals surface area (Å²) >= 11 is 0. The van der Waals surface area contributed by atoms with E-state index in [0.717, 1.165) is 24.1 Å². The summed E-state index contributed by atoms with van der Waals surface area (Å²) in [7, 11) is 0. The van der Waals surface area contributed by atoms with Crippen LogP contribution in [0.1, 0.15) is 31.7 Å². The van der Waals surface area contributed by atoms with Crippen molar-refractivity contribution in [2.45, 2.75) is 38.8 Å². The molecule has 0 unspecified atom stereocenters. The molecule has 1 heterocycles. The van der Waals surface area contributed by atoms with Crippen LogP contribution in [0.15, 0.2) is 42.7 Å². The standard InChI is InChI=1S/C16H22N4O/c1-2-3-8-14(17)16(21)19-15-9-5-4-7-13(15)12-20-11-6-10-18-20/h4-7,9-11,14H,2-3,8,12,17H2,1H3,(H,19,21)/t14-/m0/s1. The number of nitrogens with one attached hydrogen (secondary N) is 1. The highest BCUT2D eigenvalue weighted by Gasteiger charge is 2.14. The van der Waals surface area contributed by atoms with Gasteiger partial charge in [0.25, 0.3) is 0 Å². The molecule has 0 spiro atoms. The maximum Gasteiger partial charge on any atom is 0.241 e. The first kappa shape index (κ1) is 15.3. The minimum Gasteiger partial charge on any atom is -0.324 e. The average Bonchev–Trinajstić information content (AvgIpc) is 2.99. The second-order valence-corrected chi connectivity index (χ2v) is 5.10. The maximum absolute atomic E-state index is 12.1. The van der Waals surface area contributed by atoms with Crippen LogP contribution in [0.3, 0.4) is 0 Å². The molecule has 2 rings (SSSR count). The first-order valence-electron chi connectivity index (χ1n) is 7.32. The highest BCUT2D eigenvalue weighted by molar-refractivity contribution is 5.95. The SMILES string of the molecule is CCCC[C@H](N)C(=O)Nc1ccccc1Cn1cccn1. The van der Waals surface area contributed by atoms with Crippen molar-refractivity contribution in [2.75, 3.05) is 5.32 Å². The molecule has 3 N–H and O–H groups in total. The fraction of sp³-hybridized carbons (Fsp3) is 0.375. The molecule has 0 aliphatic rings. The molecule has 112 valence electrons. The van der Waals surface area contributed by atoms with E-state index in [4.69, 9.17) is 5.73 Å². The molecular formula is C16H22N4O. The van der Waals surface area contributed by atoms with Crippen molar-refractivity contribution in [1.29, 1.82) is 0 Å². The molecule has 1 aromatic carbocycles. The van der Waals surface area contributed by atoms with Gasteiger partial charge in [0.1, 0.15) is 0 Å². The van der Waals surface area contributed by atoms with Crippen LogP contribution in [-0.4, -0.2) is 21.7 Å². The smallest absolute Gasteiger partial charge is 0.241 e. The van der Waals surface area contributed by atoms with E-state index in [9.17, 15) is 4.79 Å². The normalized spacial score (nSPS) is 12.1. The van der Waals surface area contributed by atoms with Gasteiger partial charge in [-0.05, 0) is 24.1 Å². The Balaban J connectivity index is 2.04. The number of carbonyl (C=O) groups excluding carboxylic acids is 1. The second kappa shape index (κ2) is 7.59. The molecular weight excluding hydrogens is 264 g/mol. The van der Waals surface area contributed by atoms with Crippen molar-refractivity contribution in [3.8, 4) is 0 Å². The van der Waals surface area contributed by atoms with Crippen LogP contribution in [0.4, 0.5) is 5.69 Å². The molecule has 0 radical (unpaired) electrons. The van der Waals surface area contributed by atoms with Gasteiger partial charge in [0.2, 0.25) is 5.91 Å². The maximum atomic E-state index is 12.1. The number of rotatable bonds is 7. The van der Waals surface area contributed by atoms with Gasteiger partial charge in [0, 0.05) is 18.1 Å². The first-order valence-corrected chi connectivity index (χ1v) is 7.32. The van der Waals surface area contributed by atoms with E-state index in [2.05, 4.69) is 17.3 Å². The van der Waals surface area contributed by atoms with Crippen LogP contribution in [0.5, 0.6) is 0 Å². The Bertz CT molecular complexity index is 565. The van der Waals surface area contributed by atoms with Gasteiger partial charge in [0.05, 0.1) is 12.6 Å². The molecule has 0 aliphatic carbocycles. The van der Waals surface area contributed by atoms with Crippen molar-refractivity contribution < 1.29 is 4.79 Å². The number of benzene rings is 1. The highest BCUT2D eigenvalue weighted by Crippen LogP contribution is 2.16. The zero-order valence-corrected chi connectivity index (χ0v) is 12.3. The van der Waals surface area contributed by atoms with Gasteiger partial charge >= 0.3 is 0 Å². The van der Waals surface area contributed by atoms with E-state index < -0.39 is 6.04 Å². The molecule has 2 aromatic rings. The second-order valence-electron chi connectivity index (χ2n) is 5.10. The summed E-state index contributed by atoms with van der Waals surface area (Å²) in [4.78, 5) is 12.1. The van der Waals surface area contributed by atoms with Crippen LogP contribution in [-0.2, 0) is 11.3 Å². The van der Waals surface area contributed by atoms with Gasteiger partial charge in [-0.1, -0.05) is 38.0 Å². The van der Waals surface area contributed by atoms with E-state index in [1.54, 1.807) is 6.20 Å². The highest BCUT2D eigenvalue weighted by atomic mass is 16.2.